The number of carbonyl (C=O) groups is 1. The third kappa shape index (κ3) is 3.69. The van der Waals surface area contributed by atoms with Gasteiger partial charge in [-0.3, -0.25) is 0 Å². The first-order valence-electron chi connectivity index (χ1n) is 4.68. The number of hydroxylamine groups is 2. The van der Waals surface area contributed by atoms with Gasteiger partial charge in [0.25, 0.3) is 0 Å². The average Bonchev–Trinajstić information content (AvgIpc) is 2.29. The minimum absolute atomic E-state index is 0.257. The van der Waals surface area contributed by atoms with E-state index in [1.807, 2.05) is 30.3 Å². The van der Waals surface area contributed by atoms with E-state index in [0.717, 1.165) is 10.6 Å². The molecule has 0 amide bonds. The van der Waals surface area contributed by atoms with Gasteiger partial charge in [0.2, 0.25) is 6.19 Å². The Morgan fingerprint density at radius 1 is 1.47 bits per heavy atom. The van der Waals surface area contributed by atoms with Crippen LogP contribution in [0.3, 0.4) is 0 Å². The molecule has 0 saturated heterocycles. The number of nitrogens with zero attached hydrogens (tertiary/aromatic N) is 2. The van der Waals surface area contributed by atoms with E-state index in [-0.39, 0.29) is 13.0 Å². The zero-order valence-electron chi connectivity index (χ0n) is 8.51. The minimum Gasteiger partial charge on any atom is -0.331 e. The Balaban J connectivity index is 2.55. The molecule has 0 unspecified atom stereocenters. The Kier molecular flexibility index (Phi) is 4.17. The summed E-state index contributed by atoms with van der Waals surface area (Å²) in [6, 6.07) is 9.35. The predicted octanol–water partition coefficient (Wildman–Crippen LogP) is 1.84. The first kappa shape index (κ1) is 11.1. The normalized spacial score (nSPS) is 9.07. The van der Waals surface area contributed by atoms with Crippen molar-refractivity contribution in [3.8, 4) is 6.19 Å². The van der Waals surface area contributed by atoms with E-state index in [2.05, 4.69) is 0 Å². The summed E-state index contributed by atoms with van der Waals surface area (Å²) in [6.07, 6.45) is 2.06. The summed E-state index contributed by atoms with van der Waals surface area (Å²) in [5.74, 6) is -0.410. The molecule has 15 heavy (non-hydrogen) atoms. The van der Waals surface area contributed by atoms with Crippen molar-refractivity contribution in [2.24, 2.45) is 0 Å². The highest BCUT2D eigenvalue weighted by Gasteiger charge is 2.08. The Hall–Kier alpha value is -2.02. The smallest absolute Gasteiger partial charge is 0.331 e. The van der Waals surface area contributed by atoms with Gasteiger partial charge in [-0.15, -0.1) is 5.06 Å². The molecule has 4 heteroatoms. The molecule has 0 radical (unpaired) electrons. The minimum atomic E-state index is -0.410. The van der Waals surface area contributed by atoms with Crippen molar-refractivity contribution in [3.63, 3.8) is 0 Å². The van der Waals surface area contributed by atoms with Crippen molar-refractivity contribution in [1.82, 2.24) is 5.06 Å². The van der Waals surface area contributed by atoms with Gasteiger partial charge < -0.3 is 4.84 Å². The van der Waals surface area contributed by atoms with Gasteiger partial charge in [-0.25, -0.2) is 4.79 Å². The Morgan fingerprint density at radius 3 is 2.67 bits per heavy atom. The van der Waals surface area contributed by atoms with E-state index in [4.69, 9.17) is 10.1 Å². The molecule has 0 fully saturated rings. The van der Waals surface area contributed by atoms with Crippen LogP contribution in [0.15, 0.2) is 30.3 Å². The topological polar surface area (TPSA) is 53.3 Å². The summed E-state index contributed by atoms with van der Waals surface area (Å²) in [6.45, 7) is 1.96. The summed E-state index contributed by atoms with van der Waals surface area (Å²) in [5.41, 5.74) is 0.919. The number of hydrogen-bond donors (Lipinski definition) is 0. The first-order valence-corrected chi connectivity index (χ1v) is 4.68. The van der Waals surface area contributed by atoms with Crippen molar-refractivity contribution in [2.45, 2.75) is 19.9 Å². The van der Waals surface area contributed by atoms with Gasteiger partial charge in [-0.05, 0) is 5.56 Å². The summed E-state index contributed by atoms with van der Waals surface area (Å²) in [4.78, 5) is 15.7. The number of benzene rings is 1. The van der Waals surface area contributed by atoms with E-state index in [1.165, 1.54) is 0 Å². The number of rotatable bonds is 4. The number of hydrogen-bond acceptors (Lipinski definition) is 4. The first-order chi connectivity index (χ1) is 7.26. The maximum absolute atomic E-state index is 11.0. The highest BCUT2D eigenvalue weighted by Crippen LogP contribution is 2.04. The maximum atomic E-state index is 11.0. The lowest BCUT2D eigenvalue weighted by molar-refractivity contribution is -0.177. The molecule has 0 spiro atoms. The highest BCUT2D eigenvalue weighted by molar-refractivity contribution is 5.68. The molecule has 1 rings (SSSR count). The predicted molar refractivity (Wildman–Crippen MR) is 54.0 cm³/mol. The fourth-order valence-corrected chi connectivity index (χ4v) is 1.02. The molecular weight excluding hydrogens is 192 g/mol. The van der Waals surface area contributed by atoms with Gasteiger partial charge in [-0.1, -0.05) is 37.3 Å². The van der Waals surface area contributed by atoms with Gasteiger partial charge in [0.05, 0.1) is 6.54 Å². The molecule has 0 aliphatic rings. The molecule has 78 valence electrons. The lowest BCUT2D eigenvalue weighted by atomic mass is 10.2. The van der Waals surface area contributed by atoms with Crippen molar-refractivity contribution in [3.05, 3.63) is 35.9 Å². The SMILES string of the molecule is CCC(=O)ON(C#N)Cc1ccccc1. The Morgan fingerprint density at radius 2 is 2.13 bits per heavy atom. The second kappa shape index (κ2) is 5.66. The monoisotopic (exact) mass is 204 g/mol. The standard InChI is InChI=1S/C11H12N2O2/c1-2-11(14)15-13(9-12)8-10-6-4-3-5-7-10/h3-7H,2,8H2,1H3. The average molecular weight is 204 g/mol. The molecule has 0 aromatic heterocycles. The molecule has 1 aromatic carbocycles. The molecule has 0 N–H and O–H groups in total. The van der Waals surface area contributed by atoms with Gasteiger partial charge >= 0.3 is 5.97 Å². The Bertz CT molecular complexity index is 357. The van der Waals surface area contributed by atoms with Crippen LogP contribution in [-0.4, -0.2) is 11.0 Å². The molecule has 1 aromatic rings. The zero-order valence-corrected chi connectivity index (χ0v) is 8.51. The lowest BCUT2D eigenvalue weighted by Crippen LogP contribution is -2.21. The van der Waals surface area contributed by atoms with Crippen LogP contribution >= 0.6 is 0 Å². The van der Waals surface area contributed by atoms with Crippen molar-refractivity contribution < 1.29 is 9.63 Å². The van der Waals surface area contributed by atoms with Crippen LogP contribution in [0.25, 0.3) is 0 Å². The van der Waals surface area contributed by atoms with E-state index in [1.54, 1.807) is 13.1 Å². The van der Waals surface area contributed by atoms with Crippen LogP contribution < -0.4 is 0 Å². The zero-order chi connectivity index (χ0) is 11.1. The third-order valence-corrected chi connectivity index (χ3v) is 1.78. The summed E-state index contributed by atoms with van der Waals surface area (Å²) < 4.78 is 0. The molecule has 0 aliphatic carbocycles. The van der Waals surface area contributed by atoms with Crippen LogP contribution in [0.4, 0.5) is 0 Å². The molecule has 4 nitrogen and oxygen atoms in total. The van der Waals surface area contributed by atoms with Crippen LogP contribution in [-0.2, 0) is 16.2 Å². The number of carbonyl (C=O) groups excluding carboxylic acids is 1. The van der Waals surface area contributed by atoms with E-state index < -0.39 is 5.97 Å². The fourth-order valence-electron chi connectivity index (χ4n) is 1.02. The Labute approximate surface area is 88.6 Å². The van der Waals surface area contributed by atoms with Gasteiger partial charge in [0, 0.05) is 6.42 Å². The molecule has 0 saturated carbocycles. The second-order valence-corrected chi connectivity index (χ2v) is 2.94. The van der Waals surface area contributed by atoms with Crippen LogP contribution in [0.1, 0.15) is 18.9 Å². The molecule has 0 aliphatic heterocycles. The molecular formula is C11H12N2O2. The van der Waals surface area contributed by atoms with Crippen LogP contribution in [0.5, 0.6) is 0 Å². The summed E-state index contributed by atoms with van der Waals surface area (Å²) in [7, 11) is 0. The molecule has 0 atom stereocenters. The van der Waals surface area contributed by atoms with Crippen molar-refractivity contribution in [1.29, 1.82) is 5.26 Å². The quantitative estimate of drug-likeness (QED) is 0.426. The highest BCUT2D eigenvalue weighted by atomic mass is 16.7. The maximum Gasteiger partial charge on any atom is 0.333 e. The van der Waals surface area contributed by atoms with Gasteiger partial charge in [-0.2, -0.15) is 5.26 Å². The largest absolute Gasteiger partial charge is 0.333 e. The van der Waals surface area contributed by atoms with Gasteiger partial charge in [0.1, 0.15) is 0 Å². The molecule has 0 bridgehead atoms. The summed E-state index contributed by atoms with van der Waals surface area (Å²) in [5, 5.41) is 9.70. The fraction of sp³-hybridized carbons (Fsp3) is 0.273. The van der Waals surface area contributed by atoms with Crippen LogP contribution in [0, 0.1) is 11.5 Å². The number of nitriles is 1. The lowest BCUT2D eigenvalue weighted by Gasteiger charge is -2.13. The van der Waals surface area contributed by atoms with Crippen molar-refractivity contribution >= 4 is 5.97 Å². The van der Waals surface area contributed by atoms with Crippen LogP contribution in [0.2, 0.25) is 0 Å². The second-order valence-electron chi connectivity index (χ2n) is 2.94. The van der Waals surface area contributed by atoms with E-state index >= 15 is 0 Å². The molecule has 0 heterocycles. The van der Waals surface area contributed by atoms with Gasteiger partial charge in [0.15, 0.2) is 0 Å². The summed E-state index contributed by atoms with van der Waals surface area (Å²) >= 11 is 0. The third-order valence-electron chi connectivity index (χ3n) is 1.78. The van der Waals surface area contributed by atoms with Crippen molar-refractivity contribution in [2.75, 3.05) is 0 Å². The van der Waals surface area contributed by atoms with E-state index in [9.17, 15) is 4.79 Å². The van der Waals surface area contributed by atoms with E-state index in [0.29, 0.717) is 0 Å².